The van der Waals surface area contributed by atoms with E-state index in [2.05, 4.69) is 0 Å². The Hall–Kier alpha value is -0.306. The molecule has 0 N–H and O–H groups in total. The Balaban J connectivity index is 3.20. The fourth-order valence-corrected chi connectivity index (χ4v) is 0. The van der Waals surface area contributed by atoms with Crippen molar-refractivity contribution in [3.63, 3.8) is 0 Å². The average molecular weight is 121 g/mol. The molecule has 0 bridgehead atoms. The third-order valence-electron chi connectivity index (χ3n) is 0.0471. The van der Waals surface area contributed by atoms with Gasteiger partial charge in [0.1, 0.15) is 0 Å². The Morgan fingerprint density at radius 1 is 1.80 bits per heavy atom. The van der Waals surface area contributed by atoms with Crippen LogP contribution in [-0.2, 0) is 18.5 Å². The van der Waals surface area contributed by atoms with Crippen molar-refractivity contribution in [3.8, 4) is 0 Å². The van der Waals surface area contributed by atoms with Gasteiger partial charge in [0.05, 0.1) is 0 Å². The standard InChI is InChI=1S/NO2.Ni.O/c2-1-3;;. The first kappa shape index (κ1) is 4.69. The minimum absolute atomic E-state index is 0.792. The maximum atomic E-state index is 8.87. The van der Waals surface area contributed by atoms with Crippen molar-refractivity contribution in [1.82, 2.24) is 0 Å². The molecule has 5 heavy (non-hydrogen) atoms. The van der Waals surface area contributed by atoms with Crippen molar-refractivity contribution in [2.75, 3.05) is 0 Å². The van der Waals surface area contributed by atoms with Crippen molar-refractivity contribution >= 4 is 0 Å². The van der Waals surface area contributed by atoms with Crippen LogP contribution in [0.4, 0.5) is 0 Å². The Labute approximate surface area is 33.5 Å². The van der Waals surface area contributed by atoms with Gasteiger partial charge in [-0.15, -0.1) is 0 Å². The first-order valence-corrected chi connectivity index (χ1v) is 1.48. The summed E-state index contributed by atoms with van der Waals surface area (Å²) in [7, 11) is 0. The number of nitro groups is 1. The van der Waals surface area contributed by atoms with E-state index in [0.717, 1.165) is 0 Å². The zero-order valence-electron chi connectivity index (χ0n) is 1.99. The summed E-state index contributed by atoms with van der Waals surface area (Å²) in [5.41, 5.74) is 0. The maximum absolute atomic E-state index is 8.87. The molecule has 0 aromatic rings. The Morgan fingerprint density at radius 3 is 2.00 bits per heavy atom. The fourth-order valence-electron chi connectivity index (χ4n) is 0. The molecule has 0 aliphatic carbocycles. The van der Waals surface area contributed by atoms with Gasteiger partial charge in [0, 0.05) is 0 Å². The van der Waals surface area contributed by atoms with Gasteiger partial charge in [0.2, 0.25) is 0 Å². The van der Waals surface area contributed by atoms with Crippen LogP contribution in [-0.4, -0.2) is 4.00 Å². The van der Waals surface area contributed by atoms with E-state index in [4.69, 9.17) is 14.0 Å². The van der Waals surface area contributed by atoms with Crippen LogP contribution in [0.25, 0.3) is 0 Å². The van der Waals surface area contributed by atoms with Gasteiger partial charge in [0.25, 0.3) is 0 Å². The third kappa shape index (κ3) is 3.69. The van der Waals surface area contributed by atoms with Crippen LogP contribution < -0.4 is 0 Å². The predicted molar refractivity (Wildman–Crippen MR) is 7.68 cm³/mol. The quantitative estimate of drug-likeness (QED) is 0.269. The summed E-state index contributed by atoms with van der Waals surface area (Å²) in [5.74, 6) is 0. The van der Waals surface area contributed by atoms with Crippen LogP contribution in [0.3, 0.4) is 0 Å². The molecule has 0 heterocycles. The van der Waals surface area contributed by atoms with Crippen molar-refractivity contribution in [2.45, 2.75) is 0 Å². The van der Waals surface area contributed by atoms with Crippen molar-refractivity contribution in [2.24, 2.45) is 0 Å². The summed E-state index contributed by atoms with van der Waals surface area (Å²) in [6.07, 6.45) is 0. The van der Waals surface area contributed by atoms with E-state index in [-0.39, 0.29) is 0 Å². The summed E-state index contributed by atoms with van der Waals surface area (Å²) in [6, 6.07) is 0. The number of rotatable bonds is 1. The second kappa shape index (κ2) is 1.96. The number of hydrogen-bond donors (Lipinski definition) is 0. The minimum atomic E-state index is -0.993. The van der Waals surface area contributed by atoms with Gasteiger partial charge < -0.3 is 0 Å². The van der Waals surface area contributed by atoms with Gasteiger partial charge in [-0.1, -0.05) is 0 Å². The molecule has 0 amide bonds. The molecule has 5 heteroatoms. The molecule has 0 aliphatic heterocycles. The molecule has 0 saturated carbocycles. The van der Waals surface area contributed by atoms with Gasteiger partial charge in [-0.05, 0) is 0 Å². The molecule has 0 atom stereocenters. The zero-order valence-corrected chi connectivity index (χ0v) is 2.98. The summed E-state index contributed by atoms with van der Waals surface area (Å²) >= 11 is -0.792. The van der Waals surface area contributed by atoms with Crippen LogP contribution in [0.2, 0.25) is 0 Å². The molecule has 4 nitrogen and oxygen atoms in total. The van der Waals surface area contributed by atoms with Gasteiger partial charge >= 0.3 is 32.6 Å². The normalized spacial score (nSPS) is 8.00. The summed E-state index contributed by atoms with van der Waals surface area (Å²) in [4.78, 5) is 8.83. The zero-order chi connectivity index (χ0) is 4.28. The van der Waals surface area contributed by atoms with E-state index in [9.17, 15) is 0 Å². The number of nitrogens with zero attached hydrogens (tertiary/aromatic N) is 1. The first-order valence-electron chi connectivity index (χ1n) is 0.636. The van der Waals surface area contributed by atoms with Crippen LogP contribution in [0, 0.1) is 10.1 Å². The van der Waals surface area contributed by atoms with Crippen LogP contribution in [0.1, 0.15) is 0 Å². The molecule has 0 rings (SSSR count). The molecule has 0 fully saturated rings. The molecule has 0 radical (unpaired) electrons. The molecule has 0 unspecified atom stereocenters. The SMILES string of the molecule is [O]=[Ni][N+](=O)[O-]. The first-order chi connectivity index (χ1) is 2.27. The Bertz CT molecular complexity index is 57.9. The van der Waals surface area contributed by atoms with E-state index < -0.39 is 18.6 Å². The Kier molecular flexibility index (Phi) is 1.84. The van der Waals surface area contributed by atoms with E-state index in [1.54, 1.807) is 0 Å². The Morgan fingerprint density at radius 2 is 2.00 bits per heavy atom. The average Bonchev–Trinajstić information content (AvgIpc) is 1.38. The molecular formula is NNiO3. The van der Waals surface area contributed by atoms with E-state index in [1.807, 2.05) is 0 Å². The fraction of sp³-hybridized carbons (Fsp3) is 0. The van der Waals surface area contributed by atoms with Gasteiger partial charge in [-0.25, -0.2) is 0 Å². The van der Waals surface area contributed by atoms with Gasteiger partial charge in [-0.2, -0.15) is 0 Å². The monoisotopic (exact) mass is 120 g/mol. The van der Waals surface area contributed by atoms with E-state index in [1.165, 1.54) is 0 Å². The number of hydrogen-bond acceptors (Lipinski definition) is 3. The van der Waals surface area contributed by atoms with Crippen LogP contribution in [0.5, 0.6) is 0 Å². The van der Waals surface area contributed by atoms with E-state index >= 15 is 0 Å². The van der Waals surface area contributed by atoms with Crippen LogP contribution >= 0.6 is 0 Å². The van der Waals surface area contributed by atoms with Crippen molar-refractivity contribution < 1.29 is 22.5 Å². The third-order valence-corrected chi connectivity index (χ3v) is 0.194. The molecule has 0 aromatic heterocycles. The van der Waals surface area contributed by atoms with Crippen LogP contribution in [0.15, 0.2) is 0 Å². The molecule has 0 aliphatic rings. The molecule has 0 saturated heterocycles. The van der Waals surface area contributed by atoms with Gasteiger partial charge in [0.15, 0.2) is 0 Å². The summed E-state index contributed by atoms with van der Waals surface area (Å²) in [6.45, 7) is 0. The van der Waals surface area contributed by atoms with Gasteiger partial charge in [-0.3, -0.25) is 0 Å². The second-order valence-electron chi connectivity index (χ2n) is 0.248. The van der Waals surface area contributed by atoms with Crippen molar-refractivity contribution in [1.29, 1.82) is 0 Å². The summed E-state index contributed by atoms with van der Waals surface area (Å²) in [5, 5.41) is 8.83. The molecule has 33 valence electrons. The molecular weight excluding hydrogens is 121 g/mol. The molecule has 0 aromatic carbocycles. The molecule has 0 spiro atoms. The predicted octanol–water partition coefficient (Wildman–Crippen LogP) is -0.394. The second-order valence-corrected chi connectivity index (χ2v) is 0.789. The van der Waals surface area contributed by atoms with Crippen molar-refractivity contribution in [3.05, 3.63) is 10.1 Å². The summed E-state index contributed by atoms with van der Waals surface area (Å²) < 4.78 is 7.88. The topological polar surface area (TPSA) is 60.2 Å². The van der Waals surface area contributed by atoms with E-state index in [0.29, 0.717) is 0 Å².